The number of benzene rings is 1. The predicted molar refractivity (Wildman–Crippen MR) is 72.5 cm³/mol. The molecule has 0 bridgehead atoms. The van der Waals surface area contributed by atoms with E-state index in [9.17, 15) is 4.39 Å². The van der Waals surface area contributed by atoms with E-state index in [1.165, 1.54) is 26.4 Å². The molecule has 0 unspecified atom stereocenters. The normalized spacial score (nSPS) is 10.2. The number of nitrogen functional groups attached to an aromatic ring is 1. The minimum Gasteiger partial charge on any atom is -0.493 e. The van der Waals surface area contributed by atoms with Gasteiger partial charge in [0, 0.05) is 18.3 Å². The SMILES string of the molecule is COc1ccnc(COc2ccc(N)c(F)c2)c1OC. The quantitative estimate of drug-likeness (QED) is 0.851. The summed E-state index contributed by atoms with van der Waals surface area (Å²) in [6.45, 7) is 0.129. The molecule has 0 saturated carbocycles. The van der Waals surface area contributed by atoms with Crippen LogP contribution in [0.25, 0.3) is 0 Å². The summed E-state index contributed by atoms with van der Waals surface area (Å²) in [7, 11) is 3.06. The number of nitrogens with zero attached hydrogens (tertiary/aromatic N) is 1. The van der Waals surface area contributed by atoms with Gasteiger partial charge in [-0.25, -0.2) is 4.39 Å². The van der Waals surface area contributed by atoms with Crippen LogP contribution < -0.4 is 19.9 Å². The molecule has 0 saturated heterocycles. The van der Waals surface area contributed by atoms with Crippen molar-refractivity contribution in [3.8, 4) is 17.2 Å². The number of halogens is 1. The Balaban J connectivity index is 2.16. The highest BCUT2D eigenvalue weighted by molar-refractivity contribution is 5.44. The predicted octanol–water partition coefficient (Wildman–Crippen LogP) is 2.40. The number of rotatable bonds is 5. The Hall–Kier alpha value is -2.50. The molecule has 2 aromatic rings. The summed E-state index contributed by atoms with van der Waals surface area (Å²) in [4.78, 5) is 4.16. The molecule has 2 rings (SSSR count). The Morgan fingerprint density at radius 2 is 2.00 bits per heavy atom. The molecule has 0 amide bonds. The molecule has 106 valence electrons. The third-order valence-electron chi connectivity index (χ3n) is 2.71. The summed E-state index contributed by atoms with van der Waals surface area (Å²) in [5.41, 5.74) is 6.04. The fraction of sp³-hybridized carbons (Fsp3) is 0.214. The Bertz CT molecular complexity index is 605. The monoisotopic (exact) mass is 278 g/mol. The van der Waals surface area contributed by atoms with Gasteiger partial charge in [-0.3, -0.25) is 4.98 Å². The van der Waals surface area contributed by atoms with Crippen LogP contribution in [0, 0.1) is 5.82 Å². The first-order chi connectivity index (χ1) is 9.65. The summed E-state index contributed by atoms with van der Waals surface area (Å²) in [6.07, 6.45) is 1.59. The van der Waals surface area contributed by atoms with Crippen molar-refractivity contribution in [3.63, 3.8) is 0 Å². The van der Waals surface area contributed by atoms with Crippen LogP contribution in [0.15, 0.2) is 30.5 Å². The highest BCUT2D eigenvalue weighted by Crippen LogP contribution is 2.30. The van der Waals surface area contributed by atoms with E-state index in [1.54, 1.807) is 18.3 Å². The molecule has 5 nitrogen and oxygen atoms in total. The number of ether oxygens (including phenoxy) is 3. The second kappa shape index (κ2) is 6.10. The number of hydrogen-bond donors (Lipinski definition) is 1. The van der Waals surface area contributed by atoms with Gasteiger partial charge in [0.1, 0.15) is 23.9 Å². The minimum atomic E-state index is -0.520. The van der Waals surface area contributed by atoms with Gasteiger partial charge in [-0.05, 0) is 12.1 Å². The van der Waals surface area contributed by atoms with E-state index >= 15 is 0 Å². The summed E-state index contributed by atoms with van der Waals surface area (Å²) < 4.78 is 29.2. The second-order valence-corrected chi connectivity index (χ2v) is 3.97. The second-order valence-electron chi connectivity index (χ2n) is 3.97. The lowest BCUT2D eigenvalue weighted by molar-refractivity contribution is 0.284. The molecule has 0 fully saturated rings. The molecule has 20 heavy (non-hydrogen) atoms. The molecule has 0 aliphatic rings. The van der Waals surface area contributed by atoms with Gasteiger partial charge in [0.05, 0.1) is 19.9 Å². The Labute approximate surface area is 116 Å². The van der Waals surface area contributed by atoms with Crippen molar-refractivity contribution in [2.75, 3.05) is 20.0 Å². The maximum atomic E-state index is 13.3. The van der Waals surface area contributed by atoms with Gasteiger partial charge >= 0.3 is 0 Å². The number of pyridine rings is 1. The topological polar surface area (TPSA) is 66.6 Å². The van der Waals surface area contributed by atoms with Gasteiger partial charge in [-0.2, -0.15) is 0 Å². The Morgan fingerprint density at radius 1 is 1.20 bits per heavy atom. The van der Waals surface area contributed by atoms with Crippen LogP contribution in [0.2, 0.25) is 0 Å². The van der Waals surface area contributed by atoms with Crippen molar-refractivity contribution in [3.05, 3.63) is 42.0 Å². The smallest absolute Gasteiger partial charge is 0.185 e. The largest absolute Gasteiger partial charge is 0.493 e. The first-order valence-corrected chi connectivity index (χ1v) is 5.89. The molecule has 1 aromatic heterocycles. The van der Waals surface area contributed by atoms with Crippen LogP contribution in [-0.2, 0) is 6.61 Å². The molecule has 0 spiro atoms. The van der Waals surface area contributed by atoms with Gasteiger partial charge in [0.2, 0.25) is 0 Å². The average molecular weight is 278 g/mol. The number of nitrogens with two attached hydrogens (primary N) is 1. The highest BCUT2D eigenvalue weighted by atomic mass is 19.1. The number of anilines is 1. The zero-order valence-corrected chi connectivity index (χ0v) is 11.2. The Morgan fingerprint density at radius 3 is 2.65 bits per heavy atom. The number of methoxy groups -OCH3 is 2. The van der Waals surface area contributed by atoms with E-state index in [-0.39, 0.29) is 12.3 Å². The molecule has 0 aliphatic heterocycles. The maximum absolute atomic E-state index is 13.3. The average Bonchev–Trinajstić information content (AvgIpc) is 2.47. The Kier molecular flexibility index (Phi) is 4.24. The van der Waals surface area contributed by atoms with Gasteiger partial charge in [0.25, 0.3) is 0 Å². The summed E-state index contributed by atoms with van der Waals surface area (Å²) in [5, 5.41) is 0. The summed E-state index contributed by atoms with van der Waals surface area (Å²) >= 11 is 0. The van der Waals surface area contributed by atoms with Gasteiger partial charge in [-0.1, -0.05) is 0 Å². The van der Waals surface area contributed by atoms with Gasteiger partial charge in [-0.15, -0.1) is 0 Å². The number of aromatic nitrogens is 1. The van der Waals surface area contributed by atoms with Crippen LogP contribution in [0.4, 0.5) is 10.1 Å². The molecule has 1 heterocycles. The molecule has 2 N–H and O–H groups in total. The van der Waals surface area contributed by atoms with E-state index in [0.29, 0.717) is 22.9 Å². The molecule has 0 radical (unpaired) electrons. The zero-order valence-electron chi connectivity index (χ0n) is 11.2. The summed E-state index contributed by atoms with van der Waals surface area (Å²) in [6, 6.07) is 5.94. The van der Waals surface area contributed by atoms with E-state index < -0.39 is 5.82 Å². The minimum absolute atomic E-state index is 0.0782. The molecule has 0 atom stereocenters. The fourth-order valence-corrected chi connectivity index (χ4v) is 1.70. The van der Waals surface area contributed by atoms with Gasteiger partial charge in [0.15, 0.2) is 11.5 Å². The standard InChI is InChI=1S/C14H15FN2O3/c1-18-13-5-6-17-12(14(13)19-2)8-20-9-3-4-11(16)10(15)7-9/h3-7H,8,16H2,1-2H3. The van der Waals surface area contributed by atoms with E-state index in [1.807, 2.05) is 0 Å². The maximum Gasteiger partial charge on any atom is 0.185 e. The van der Waals surface area contributed by atoms with Crippen molar-refractivity contribution in [2.24, 2.45) is 0 Å². The van der Waals surface area contributed by atoms with Crippen LogP contribution >= 0.6 is 0 Å². The highest BCUT2D eigenvalue weighted by Gasteiger charge is 2.12. The number of hydrogen-bond acceptors (Lipinski definition) is 5. The van der Waals surface area contributed by atoms with E-state index in [2.05, 4.69) is 4.98 Å². The van der Waals surface area contributed by atoms with Crippen molar-refractivity contribution in [1.29, 1.82) is 0 Å². The zero-order chi connectivity index (χ0) is 14.5. The van der Waals surface area contributed by atoms with E-state index in [4.69, 9.17) is 19.9 Å². The third kappa shape index (κ3) is 2.90. The van der Waals surface area contributed by atoms with Crippen molar-refractivity contribution in [1.82, 2.24) is 4.98 Å². The summed E-state index contributed by atoms with van der Waals surface area (Å²) in [5.74, 6) is 0.895. The van der Waals surface area contributed by atoms with E-state index in [0.717, 1.165) is 0 Å². The van der Waals surface area contributed by atoms with Gasteiger partial charge < -0.3 is 19.9 Å². The van der Waals surface area contributed by atoms with Crippen molar-refractivity contribution < 1.29 is 18.6 Å². The lowest BCUT2D eigenvalue weighted by Crippen LogP contribution is -2.03. The molecule has 0 aliphatic carbocycles. The first kappa shape index (κ1) is 13.9. The van der Waals surface area contributed by atoms with Crippen LogP contribution in [0.1, 0.15) is 5.69 Å². The molecular weight excluding hydrogens is 263 g/mol. The van der Waals surface area contributed by atoms with Crippen LogP contribution in [0.5, 0.6) is 17.2 Å². The molecule has 6 heteroatoms. The molecular formula is C14H15FN2O3. The fourth-order valence-electron chi connectivity index (χ4n) is 1.70. The molecule has 1 aromatic carbocycles. The lowest BCUT2D eigenvalue weighted by Gasteiger charge is -2.12. The third-order valence-corrected chi connectivity index (χ3v) is 2.71. The lowest BCUT2D eigenvalue weighted by atomic mass is 10.3. The van der Waals surface area contributed by atoms with Crippen molar-refractivity contribution in [2.45, 2.75) is 6.61 Å². The van der Waals surface area contributed by atoms with Crippen LogP contribution in [-0.4, -0.2) is 19.2 Å². The van der Waals surface area contributed by atoms with Crippen molar-refractivity contribution >= 4 is 5.69 Å². The van der Waals surface area contributed by atoms with Crippen LogP contribution in [0.3, 0.4) is 0 Å². The first-order valence-electron chi connectivity index (χ1n) is 5.89.